The largest absolute Gasteiger partial charge is 0.493 e. The maximum Gasteiger partial charge on any atom is 0.165 e. The first-order chi connectivity index (χ1) is 7.99. The quantitative estimate of drug-likeness (QED) is 0.906. The average Bonchev–Trinajstić information content (AvgIpc) is 2.29. The molecule has 0 bridgehead atoms. The SMILES string of the molecule is COc1cc(Br)cc(C(C)CO)c1OC(C)C. The highest BCUT2D eigenvalue weighted by atomic mass is 79.9. The van der Waals surface area contributed by atoms with Crippen LogP contribution in [-0.2, 0) is 0 Å². The van der Waals surface area contributed by atoms with Crippen molar-refractivity contribution in [3.63, 3.8) is 0 Å². The molecule has 0 saturated heterocycles. The van der Waals surface area contributed by atoms with Gasteiger partial charge in [0.1, 0.15) is 0 Å². The molecule has 0 amide bonds. The molecule has 1 aromatic rings. The lowest BCUT2D eigenvalue weighted by molar-refractivity contribution is 0.220. The van der Waals surface area contributed by atoms with Gasteiger partial charge < -0.3 is 14.6 Å². The van der Waals surface area contributed by atoms with Gasteiger partial charge in [-0.25, -0.2) is 0 Å². The minimum Gasteiger partial charge on any atom is -0.493 e. The molecule has 0 aliphatic rings. The van der Waals surface area contributed by atoms with Crippen LogP contribution in [0.1, 0.15) is 32.3 Å². The normalized spacial score (nSPS) is 12.6. The van der Waals surface area contributed by atoms with E-state index in [1.807, 2.05) is 32.9 Å². The van der Waals surface area contributed by atoms with Crippen molar-refractivity contribution in [3.05, 3.63) is 22.2 Å². The summed E-state index contributed by atoms with van der Waals surface area (Å²) in [5.41, 5.74) is 0.951. The van der Waals surface area contributed by atoms with E-state index in [4.69, 9.17) is 9.47 Å². The van der Waals surface area contributed by atoms with Gasteiger partial charge in [-0.1, -0.05) is 22.9 Å². The number of aliphatic hydroxyl groups is 1. The Morgan fingerprint density at radius 3 is 2.41 bits per heavy atom. The molecule has 0 fully saturated rings. The average molecular weight is 303 g/mol. The highest BCUT2D eigenvalue weighted by Crippen LogP contribution is 2.39. The molecule has 1 aromatic carbocycles. The molecule has 4 heteroatoms. The second-order valence-corrected chi connectivity index (χ2v) is 5.19. The van der Waals surface area contributed by atoms with Crippen molar-refractivity contribution >= 4 is 15.9 Å². The van der Waals surface area contributed by atoms with Crippen molar-refractivity contribution in [1.82, 2.24) is 0 Å². The Morgan fingerprint density at radius 2 is 1.94 bits per heavy atom. The molecule has 1 rings (SSSR count). The minimum absolute atomic E-state index is 0.00940. The molecule has 1 atom stereocenters. The summed E-state index contributed by atoms with van der Waals surface area (Å²) in [5.74, 6) is 1.41. The zero-order valence-corrected chi connectivity index (χ0v) is 12.2. The highest BCUT2D eigenvalue weighted by molar-refractivity contribution is 9.10. The van der Waals surface area contributed by atoms with Crippen molar-refractivity contribution in [2.45, 2.75) is 32.8 Å². The third-order valence-corrected chi connectivity index (χ3v) is 2.88. The predicted octanol–water partition coefficient (Wildman–Crippen LogP) is 3.34. The summed E-state index contributed by atoms with van der Waals surface area (Å²) in [6, 6.07) is 3.83. The first-order valence-corrected chi connectivity index (χ1v) is 6.43. The molecule has 1 N–H and O–H groups in total. The van der Waals surface area contributed by atoms with Gasteiger partial charge in [-0.2, -0.15) is 0 Å². The third kappa shape index (κ3) is 3.61. The summed E-state index contributed by atoms with van der Waals surface area (Å²) < 4.78 is 12.0. The van der Waals surface area contributed by atoms with Crippen molar-refractivity contribution in [2.24, 2.45) is 0 Å². The zero-order chi connectivity index (χ0) is 13.0. The van der Waals surface area contributed by atoms with Gasteiger partial charge in [0.05, 0.1) is 13.2 Å². The van der Waals surface area contributed by atoms with Gasteiger partial charge in [0.2, 0.25) is 0 Å². The fraction of sp³-hybridized carbons (Fsp3) is 0.538. The number of halogens is 1. The van der Waals surface area contributed by atoms with Crippen LogP contribution in [0.4, 0.5) is 0 Å². The van der Waals surface area contributed by atoms with E-state index in [1.54, 1.807) is 7.11 Å². The summed E-state index contributed by atoms with van der Waals surface area (Å²) in [7, 11) is 1.61. The monoisotopic (exact) mass is 302 g/mol. The van der Waals surface area contributed by atoms with Gasteiger partial charge in [-0.3, -0.25) is 0 Å². The molecular weight excluding hydrogens is 284 g/mol. The third-order valence-electron chi connectivity index (χ3n) is 2.43. The van der Waals surface area contributed by atoms with E-state index in [0.29, 0.717) is 11.5 Å². The number of aliphatic hydroxyl groups excluding tert-OH is 1. The highest BCUT2D eigenvalue weighted by Gasteiger charge is 2.18. The van der Waals surface area contributed by atoms with E-state index in [2.05, 4.69) is 15.9 Å². The Hall–Kier alpha value is -0.740. The molecule has 96 valence electrons. The van der Waals surface area contributed by atoms with Crippen molar-refractivity contribution < 1.29 is 14.6 Å². The van der Waals surface area contributed by atoms with Gasteiger partial charge in [0.25, 0.3) is 0 Å². The lowest BCUT2D eigenvalue weighted by Gasteiger charge is -2.20. The van der Waals surface area contributed by atoms with Gasteiger partial charge in [0, 0.05) is 22.6 Å². The Balaban J connectivity index is 3.27. The summed E-state index contributed by atoms with van der Waals surface area (Å²) in [5, 5.41) is 9.29. The summed E-state index contributed by atoms with van der Waals surface area (Å²) in [6.07, 6.45) is 0.0646. The molecule has 17 heavy (non-hydrogen) atoms. The number of hydrogen-bond donors (Lipinski definition) is 1. The number of hydrogen-bond acceptors (Lipinski definition) is 3. The molecule has 0 saturated carbocycles. The molecule has 0 aliphatic heterocycles. The second-order valence-electron chi connectivity index (χ2n) is 4.28. The number of benzene rings is 1. The zero-order valence-electron chi connectivity index (χ0n) is 10.7. The Bertz CT molecular complexity index is 377. The van der Waals surface area contributed by atoms with Gasteiger partial charge in [-0.15, -0.1) is 0 Å². The van der Waals surface area contributed by atoms with Crippen LogP contribution in [-0.4, -0.2) is 24.9 Å². The van der Waals surface area contributed by atoms with Crippen LogP contribution < -0.4 is 9.47 Å². The fourth-order valence-electron chi connectivity index (χ4n) is 1.57. The van der Waals surface area contributed by atoms with Crippen molar-refractivity contribution in [3.8, 4) is 11.5 Å². The molecule has 0 heterocycles. The van der Waals surface area contributed by atoms with Crippen LogP contribution in [0, 0.1) is 0 Å². The topological polar surface area (TPSA) is 38.7 Å². The summed E-state index contributed by atoms with van der Waals surface area (Å²) in [4.78, 5) is 0. The number of ether oxygens (including phenoxy) is 2. The van der Waals surface area contributed by atoms with Gasteiger partial charge in [-0.05, 0) is 26.0 Å². The van der Waals surface area contributed by atoms with Crippen molar-refractivity contribution in [1.29, 1.82) is 0 Å². The number of rotatable bonds is 5. The van der Waals surface area contributed by atoms with E-state index in [1.165, 1.54) is 0 Å². The van der Waals surface area contributed by atoms with Crippen LogP contribution in [0.2, 0.25) is 0 Å². The fourth-order valence-corrected chi connectivity index (χ4v) is 2.02. The van der Waals surface area contributed by atoms with E-state index in [9.17, 15) is 5.11 Å². The molecule has 0 radical (unpaired) electrons. The smallest absolute Gasteiger partial charge is 0.165 e. The van der Waals surface area contributed by atoms with E-state index in [0.717, 1.165) is 10.0 Å². The Kier molecular flexibility index (Phi) is 5.28. The maximum atomic E-state index is 9.29. The lowest BCUT2D eigenvalue weighted by Crippen LogP contribution is -2.11. The first kappa shape index (κ1) is 14.3. The summed E-state index contributed by atoms with van der Waals surface area (Å²) >= 11 is 3.43. The first-order valence-electron chi connectivity index (χ1n) is 5.64. The minimum atomic E-state index is 0.00940. The van der Waals surface area contributed by atoms with Gasteiger partial charge >= 0.3 is 0 Å². The van der Waals surface area contributed by atoms with Crippen LogP contribution in [0.25, 0.3) is 0 Å². The number of methoxy groups -OCH3 is 1. The Morgan fingerprint density at radius 1 is 1.29 bits per heavy atom. The van der Waals surface area contributed by atoms with E-state index in [-0.39, 0.29) is 18.6 Å². The standard InChI is InChI=1S/C13H19BrO3/c1-8(2)17-13-11(9(3)7-15)5-10(14)6-12(13)16-4/h5-6,8-9,15H,7H2,1-4H3. The van der Waals surface area contributed by atoms with E-state index < -0.39 is 0 Å². The second kappa shape index (κ2) is 6.26. The van der Waals surface area contributed by atoms with Crippen LogP contribution >= 0.6 is 15.9 Å². The predicted molar refractivity (Wildman–Crippen MR) is 72.0 cm³/mol. The van der Waals surface area contributed by atoms with Crippen molar-refractivity contribution in [2.75, 3.05) is 13.7 Å². The molecule has 0 aliphatic carbocycles. The van der Waals surface area contributed by atoms with Gasteiger partial charge in [0.15, 0.2) is 11.5 Å². The van der Waals surface area contributed by atoms with Crippen LogP contribution in [0.5, 0.6) is 11.5 Å². The molecular formula is C13H19BrO3. The lowest BCUT2D eigenvalue weighted by atomic mass is 10.0. The molecule has 0 aromatic heterocycles. The van der Waals surface area contributed by atoms with Crippen LogP contribution in [0.15, 0.2) is 16.6 Å². The Labute approximate surface area is 111 Å². The molecule has 1 unspecified atom stereocenters. The molecule has 3 nitrogen and oxygen atoms in total. The maximum absolute atomic E-state index is 9.29. The summed E-state index contributed by atoms with van der Waals surface area (Å²) in [6.45, 7) is 5.96. The van der Waals surface area contributed by atoms with Crippen LogP contribution in [0.3, 0.4) is 0 Å². The van der Waals surface area contributed by atoms with E-state index >= 15 is 0 Å². The molecule has 0 spiro atoms.